The minimum Gasteiger partial charge on any atom is -0.491 e. The van der Waals surface area contributed by atoms with Crippen molar-refractivity contribution in [1.29, 1.82) is 0 Å². The molecule has 0 radical (unpaired) electrons. The molecule has 4 aromatic carbocycles. The maximum absolute atomic E-state index is 12.7. The van der Waals surface area contributed by atoms with E-state index in [0.717, 1.165) is 0 Å². The molecule has 0 unspecified atom stereocenters. The van der Waals surface area contributed by atoms with Crippen LogP contribution in [0.4, 0.5) is 4.79 Å². The Morgan fingerprint density at radius 1 is 0.444 bits per heavy atom. The number of hydrogen-bond acceptors (Lipinski definition) is 16. The third-order valence-corrected chi connectivity index (χ3v) is 12.9. The van der Waals surface area contributed by atoms with E-state index in [1.807, 2.05) is 4.72 Å². The number of unbranched alkanes of at least 4 members (excludes halogenated alkanes) is 1. The Hall–Kier alpha value is -6.96. The highest BCUT2D eigenvalue weighted by Crippen LogP contribution is 2.19. The van der Waals surface area contributed by atoms with Crippen LogP contribution < -0.4 is 30.1 Å². The van der Waals surface area contributed by atoms with E-state index in [9.17, 15) is 45.6 Å². The van der Waals surface area contributed by atoms with Crippen molar-refractivity contribution in [2.45, 2.75) is 35.5 Å². The number of ketones is 1. The summed E-state index contributed by atoms with van der Waals surface area (Å²) in [6, 6.07) is 20.5. The molecule has 6 N–H and O–H groups in total. The van der Waals surface area contributed by atoms with E-state index in [2.05, 4.69) is 16.0 Å². The lowest BCUT2D eigenvalue weighted by atomic mass is 10.1. The maximum Gasteiger partial charge on any atom is 0.335 e. The molecule has 4 aromatic rings. The van der Waals surface area contributed by atoms with Crippen LogP contribution in [0.2, 0.25) is 0 Å². The minimum atomic E-state index is -4.19. The van der Waals surface area contributed by atoms with E-state index in [4.69, 9.17) is 38.6 Å². The van der Waals surface area contributed by atoms with Gasteiger partial charge in [0.05, 0.1) is 67.2 Å². The molecule has 0 aliphatic heterocycles. The molecule has 0 saturated carbocycles. The molecule has 4 amide bonds. The van der Waals surface area contributed by atoms with Crippen LogP contribution in [0.3, 0.4) is 0 Å². The zero-order chi connectivity index (χ0) is 52.2. The van der Waals surface area contributed by atoms with Gasteiger partial charge in [0.25, 0.3) is 15.9 Å². The zero-order valence-corrected chi connectivity index (χ0v) is 40.8. The zero-order valence-electron chi connectivity index (χ0n) is 39.2. The Morgan fingerprint density at radius 3 is 1.40 bits per heavy atom. The number of carboxylic acids is 2. The first-order valence-corrected chi connectivity index (χ1v) is 25.7. The number of ether oxygens (including phenoxy) is 6. The van der Waals surface area contributed by atoms with Gasteiger partial charge in [0.15, 0.2) is 15.6 Å². The number of urea groups is 1. The Bertz CT molecular complexity index is 2420. The molecule has 390 valence electrons. The fourth-order valence-electron chi connectivity index (χ4n) is 6.08. The number of aromatic carboxylic acids is 2. The molecule has 4 rings (SSSR count). The van der Waals surface area contributed by atoms with E-state index >= 15 is 0 Å². The molecule has 0 spiro atoms. The van der Waals surface area contributed by atoms with Crippen molar-refractivity contribution < 1.29 is 84.2 Å². The van der Waals surface area contributed by atoms with E-state index < -0.39 is 49.2 Å². The first-order chi connectivity index (χ1) is 34.5. The third kappa shape index (κ3) is 21.6. The van der Waals surface area contributed by atoms with Gasteiger partial charge in [-0.3, -0.25) is 14.4 Å². The molecular formula is C48H58N4O18S2. The van der Waals surface area contributed by atoms with Crippen molar-refractivity contribution in [2.24, 2.45) is 0 Å². The summed E-state index contributed by atoms with van der Waals surface area (Å²) >= 11 is 0. The number of nitrogens with one attached hydrogen (secondary N) is 4. The lowest BCUT2D eigenvalue weighted by Crippen LogP contribution is -2.38. The molecule has 0 aromatic heterocycles. The minimum absolute atomic E-state index is 0.0148. The van der Waals surface area contributed by atoms with Crippen LogP contribution in [0.5, 0.6) is 11.5 Å². The molecule has 22 nitrogen and oxygen atoms in total. The van der Waals surface area contributed by atoms with Gasteiger partial charge in [0.2, 0.25) is 5.91 Å². The largest absolute Gasteiger partial charge is 0.491 e. The van der Waals surface area contributed by atoms with Crippen LogP contribution in [0.15, 0.2) is 107 Å². The van der Waals surface area contributed by atoms with Gasteiger partial charge in [0.1, 0.15) is 30.5 Å². The second kappa shape index (κ2) is 30.7. The number of hydrogen-bond donors (Lipinski definition) is 6. The SMILES string of the molecule is O=C(CCCOCCOCCOc1ccc(S(=O)(=O)CC(=O)c2ccc(C(=O)O)cc2)cc1)NCCCCNC(=O)NCCOCCOCCOc1ccc(S(=O)(=O)NC(=O)c2ccc(C(=O)O)cc2)cc1. The predicted molar refractivity (Wildman–Crippen MR) is 258 cm³/mol. The second-order valence-corrected chi connectivity index (χ2v) is 19.0. The molecule has 24 heteroatoms. The van der Waals surface area contributed by atoms with Crippen molar-refractivity contribution >= 4 is 55.4 Å². The van der Waals surface area contributed by atoms with Gasteiger partial charge >= 0.3 is 18.0 Å². The van der Waals surface area contributed by atoms with E-state index in [1.165, 1.54) is 97.1 Å². The van der Waals surface area contributed by atoms with Crippen molar-refractivity contribution in [3.8, 4) is 11.5 Å². The Balaban J connectivity index is 0.885. The number of sulfone groups is 1. The normalized spacial score (nSPS) is 11.3. The smallest absolute Gasteiger partial charge is 0.335 e. The van der Waals surface area contributed by atoms with Gasteiger partial charge in [-0.1, -0.05) is 12.1 Å². The summed E-state index contributed by atoms with van der Waals surface area (Å²) in [6.07, 6.45) is 2.17. The van der Waals surface area contributed by atoms with Crippen molar-refractivity contribution in [3.63, 3.8) is 0 Å². The predicted octanol–water partition coefficient (Wildman–Crippen LogP) is 3.36. The average Bonchev–Trinajstić information content (AvgIpc) is 3.36. The molecule has 0 aliphatic carbocycles. The molecular weight excluding hydrogens is 985 g/mol. The summed E-state index contributed by atoms with van der Waals surface area (Å²) in [5.74, 6) is -3.98. The molecule has 72 heavy (non-hydrogen) atoms. The van der Waals surface area contributed by atoms with E-state index in [1.54, 1.807) is 0 Å². The number of amides is 4. The lowest BCUT2D eigenvalue weighted by Gasteiger charge is -2.10. The van der Waals surface area contributed by atoms with Crippen LogP contribution in [-0.4, -0.2) is 154 Å². The van der Waals surface area contributed by atoms with Gasteiger partial charge in [-0.2, -0.15) is 0 Å². The fraction of sp³-hybridized carbons (Fsp3) is 0.375. The van der Waals surface area contributed by atoms with Crippen LogP contribution in [-0.2, 0) is 43.6 Å². The fourth-order valence-corrected chi connectivity index (χ4v) is 8.29. The average molecular weight is 1040 g/mol. The van der Waals surface area contributed by atoms with Crippen LogP contribution in [0.1, 0.15) is 67.1 Å². The molecule has 0 bridgehead atoms. The van der Waals surface area contributed by atoms with Gasteiger partial charge < -0.3 is 54.6 Å². The first kappa shape index (κ1) is 57.6. The van der Waals surface area contributed by atoms with Crippen LogP contribution in [0.25, 0.3) is 0 Å². The van der Waals surface area contributed by atoms with Gasteiger partial charge in [0, 0.05) is 43.8 Å². The summed E-state index contributed by atoms with van der Waals surface area (Å²) in [4.78, 5) is 70.7. The van der Waals surface area contributed by atoms with Crippen LogP contribution >= 0.6 is 0 Å². The van der Waals surface area contributed by atoms with Gasteiger partial charge in [-0.25, -0.2) is 35.9 Å². The molecule has 0 fully saturated rings. The quantitative estimate of drug-likeness (QED) is 0.0284. The standard InChI is InChI=1S/C48H58N4O18S2/c53-43(35-5-9-37(10-6-35)46(56)57)34-71(61,62)41-17-13-39(14-18-41)69-32-30-67-28-26-65-24-3-4-44(54)49-21-1-2-22-50-48(60)51-23-25-66-27-29-68-31-33-70-40-15-19-42(20-16-40)72(63,64)52-45(55)36-7-11-38(12-8-36)47(58)59/h5-20H,1-4,21-34H2,(H,49,54)(H,52,55)(H,56,57)(H,58,59)(H2,50,51,60). The topological polar surface area (TPSA) is 315 Å². The lowest BCUT2D eigenvalue weighted by molar-refractivity contribution is -0.121. The van der Waals surface area contributed by atoms with E-state index in [-0.39, 0.29) is 96.8 Å². The van der Waals surface area contributed by atoms with Crippen molar-refractivity contribution in [1.82, 2.24) is 20.7 Å². The van der Waals surface area contributed by atoms with E-state index in [0.29, 0.717) is 70.1 Å². The number of carboxylic acid groups (broad SMARTS) is 2. The summed E-state index contributed by atoms with van der Waals surface area (Å²) in [6.45, 7) is 3.88. The highest BCUT2D eigenvalue weighted by atomic mass is 32.2. The highest BCUT2D eigenvalue weighted by Gasteiger charge is 2.22. The summed E-state index contributed by atoms with van der Waals surface area (Å²) in [7, 11) is -8.14. The monoisotopic (exact) mass is 1040 g/mol. The first-order valence-electron chi connectivity index (χ1n) is 22.6. The summed E-state index contributed by atoms with van der Waals surface area (Å²) < 4.78 is 85.7. The number of Topliss-reactive ketones (excluding diaryl/α,β-unsaturated/α-hetero) is 1. The van der Waals surface area contributed by atoms with Gasteiger partial charge in [-0.05, 0) is 104 Å². The number of rotatable bonds is 35. The highest BCUT2D eigenvalue weighted by molar-refractivity contribution is 7.92. The third-order valence-electron chi connectivity index (χ3n) is 9.89. The molecule has 0 aliphatic rings. The Labute approximate surface area is 416 Å². The maximum atomic E-state index is 12.7. The van der Waals surface area contributed by atoms with Crippen molar-refractivity contribution in [2.75, 3.05) is 91.5 Å². The van der Waals surface area contributed by atoms with Crippen molar-refractivity contribution in [3.05, 3.63) is 119 Å². The Kier molecular flexibility index (Phi) is 24.6. The number of benzene rings is 4. The number of carbonyl (C=O) groups excluding carboxylic acids is 4. The second-order valence-electron chi connectivity index (χ2n) is 15.3. The molecule has 0 atom stereocenters. The van der Waals surface area contributed by atoms with Gasteiger partial charge in [-0.15, -0.1) is 0 Å². The number of carbonyl (C=O) groups is 6. The summed E-state index contributed by atoms with van der Waals surface area (Å²) in [5.41, 5.74) is 0.0141. The molecule has 0 saturated heterocycles. The summed E-state index contributed by atoms with van der Waals surface area (Å²) in [5, 5.41) is 26.2. The van der Waals surface area contributed by atoms with Crippen LogP contribution in [0, 0.1) is 0 Å². The molecule has 0 heterocycles. The number of sulfonamides is 1. The Morgan fingerprint density at radius 2 is 0.875 bits per heavy atom.